The first-order chi connectivity index (χ1) is 8.27. The number of hydrogen-bond acceptors (Lipinski definition) is 1. The number of rotatable bonds is 3. The Bertz CT molecular complexity index is 448. The van der Waals surface area contributed by atoms with E-state index in [1.54, 1.807) is 0 Å². The summed E-state index contributed by atoms with van der Waals surface area (Å²) in [4.78, 5) is 0. The summed E-state index contributed by atoms with van der Waals surface area (Å²) in [6, 6.07) is 20.5. The summed E-state index contributed by atoms with van der Waals surface area (Å²) in [6.07, 6.45) is 0. The number of benzene rings is 2. The van der Waals surface area contributed by atoms with E-state index in [1.165, 1.54) is 11.1 Å². The second-order valence-corrected chi connectivity index (χ2v) is 4.31. The summed E-state index contributed by atoms with van der Waals surface area (Å²) in [6.45, 7) is 0. The molecule has 2 nitrogen and oxygen atoms in total. The van der Waals surface area contributed by atoms with Crippen molar-refractivity contribution >= 4 is 17.3 Å². The first-order valence-electron chi connectivity index (χ1n) is 5.50. The summed E-state index contributed by atoms with van der Waals surface area (Å²) in [5.74, 6) is 0. The zero-order chi connectivity index (χ0) is 12.1. The van der Waals surface area contributed by atoms with Crippen molar-refractivity contribution in [2.45, 2.75) is 6.04 Å². The van der Waals surface area contributed by atoms with Crippen molar-refractivity contribution in [2.24, 2.45) is 0 Å². The highest BCUT2D eigenvalue weighted by atomic mass is 35.5. The van der Waals surface area contributed by atoms with Crippen LogP contribution in [0.15, 0.2) is 60.7 Å². The Hall–Kier alpha value is -1.42. The molecule has 0 bridgehead atoms. The first-order valence-corrected chi connectivity index (χ1v) is 5.90. The molecule has 0 aliphatic heterocycles. The maximum Gasteiger partial charge on any atom is 0.265 e. The molecule has 18 heavy (non-hydrogen) atoms. The molecule has 0 spiro atoms. The minimum atomic E-state index is 0. The lowest BCUT2D eigenvalue weighted by Crippen LogP contribution is -3.00. The van der Waals surface area contributed by atoms with E-state index in [2.05, 4.69) is 35.3 Å². The molecule has 2 rings (SSSR count). The van der Waals surface area contributed by atoms with Crippen LogP contribution in [0, 0.1) is 0 Å². The molecule has 0 heterocycles. The van der Waals surface area contributed by atoms with Crippen LogP contribution in [0.25, 0.3) is 0 Å². The van der Waals surface area contributed by atoms with Crippen LogP contribution < -0.4 is 23.5 Å². The Balaban J connectivity index is 0.00000162. The van der Waals surface area contributed by atoms with E-state index in [-0.39, 0.29) is 18.4 Å². The Kier molecular flexibility index (Phi) is 5.78. The largest absolute Gasteiger partial charge is 1.00 e. The van der Waals surface area contributed by atoms with E-state index in [4.69, 9.17) is 12.2 Å². The Morgan fingerprint density at radius 3 is 1.61 bits per heavy atom. The zero-order valence-electron chi connectivity index (χ0n) is 9.84. The van der Waals surface area contributed by atoms with Crippen molar-refractivity contribution in [1.29, 1.82) is 0 Å². The third kappa shape index (κ3) is 3.81. The average Bonchev–Trinajstić information content (AvgIpc) is 2.38. The highest BCUT2D eigenvalue weighted by Crippen LogP contribution is 2.21. The van der Waals surface area contributed by atoms with E-state index in [1.807, 2.05) is 36.4 Å². The maximum absolute atomic E-state index is 5.05. The molecule has 94 valence electrons. The topological polar surface area (TPSA) is 39.7 Å². The fourth-order valence-corrected chi connectivity index (χ4v) is 1.93. The summed E-state index contributed by atoms with van der Waals surface area (Å²) in [5, 5.41) is 3.79. The van der Waals surface area contributed by atoms with Gasteiger partial charge in [-0.2, -0.15) is 0 Å². The smallest absolute Gasteiger partial charge is 0.265 e. The van der Waals surface area contributed by atoms with Gasteiger partial charge in [0.15, 0.2) is 0 Å². The van der Waals surface area contributed by atoms with E-state index in [9.17, 15) is 0 Å². The van der Waals surface area contributed by atoms with Gasteiger partial charge >= 0.3 is 0 Å². The van der Waals surface area contributed by atoms with Crippen molar-refractivity contribution in [2.75, 3.05) is 0 Å². The molecule has 0 atom stereocenters. The zero-order valence-corrected chi connectivity index (χ0v) is 11.4. The van der Waals surface area contributed by atoms with Crippen molar-refractivity contribution in [1.82, 2.24) is 5.32 Å². The Morgan fingerprint density at radius 1 is 0.889 bits per heavy atom. The number of quaternary nitrogens is 1. The van der Waals surface area contributed by atoms with E-state index in [0.717, 1.165) is 0 Å². The molecule has 0 amide bonds. The maximum atomic E-state index is 5.05. The molecule has 0 fully saturated rings. The van der Waals surface area contributed by atoms with Crippen LogP contribution in [0.2, 0.25) is 0 Å². The van der Waals surface area contributed by atoms with E-state index >= 15 is 0 Å². The Labute approximate surface area is 119 Å². The molecule has 0 saturated heterocycles. The number of halogens is 1. The minimum Gasteiger partial charge on any atom is -1.00 e. The van der Waals surface area contributed by atoms with Gasteiger partial charge in [0, 0.05) is 12.2 Å². The SMILES string of the molecule is [Cl-].[NH3+]C(=S)NC(c1ccccc1)c1ccccc1. The molecule has 0 aromatic heterocycles. The van der Waals surface area contributed by atoms with E-state index in [0.29, 0.717) is 5.11 Å². The molecular weight excluding hydrogens is 264 g/mol. The van der Waals surface area contributed by atoms with Gasteiger partial charge in [-0.05, 0) is 11.1 Å². The van der Waals surface area contributed by atoms with Crippen molar-refractivity contribution < 1.29 is 18.1 Å². The monoisotopic (exact) mass is 278 g/mol. The molecule has 0 aliphatic carbocycles. The van der Waals surface area contributed by atoms with Gasteiger partial charge in [0.05, 0.1) is 6.04 Å². The second-order valence-electron chi connectivity index (χ2n) is 3.82. The summed E-state index contributed by atoms with van der Waals surface area (Å²) < 4.78 is 0. The van der Waals surface area contributed by atoms with Gasteiger partial charge < -0.3 is 23.5 Å². The van der Waals surface area contributed by atoms with Gasteiger partial charge in [-0.3, -0.25) is 0 Å². The Morgan fingerprint density at radius 2 is 1.28 bits per heavy atom. The number of hydrogen-bond donors (Lipinski definition) is 2. The molecule has 0 aliphatic rings. The van der Waals surface area contributed by atoms with Crippen LogP contribution in [0.1, 0.15) is 17.2 Å². The fraction of sp³-hybridized carbons (Fsp3) is 0.0714. The fourth-order valence-electron chi connectivity index (χ4n) is 1.81. The summed E-state index contributed by atoms with van der Waals surface area (Å²) in [7, 11) is 0. The van der Waals surface area contributed by atoms with Crippen LogP contribution in [-0.2, 0) is 0 Å². The molecular formula is C14H15ClN2S. The van der Waals surface area contributed by atoms with Crippen LogP contribution in [-0.4, -0.2) is 5.11 Å². The van der Waals surface area contributed by atoms with Gasteiger partial charge in [0.2, 0.25) is 0 Å². The lowest BCUT2D eigenvalue weighted by atomic mass is 9.99. The number of nitrogens with one attached hydrogen (secondary N) is 1. The van der Waals surface area contributed by atoms with Gasteiger partial charge in [0.1, 0.15) is 0 Å². The van der Waals surface area contributed by atoms with Gasteiger partial charge in [-0.15, -0.1) is 0 Å². The van der Waals surface area contributed by atoms with Gasteiger partial charge in [0.25, 0.3) is 5.11 Å². The van der Waals surface area contributed by atoms with Crippen LogP contribution in [0.5, 0.6) is 0 Å². The molecule has 0 radical (unpaired) electrons. The van der Waals surface area contributed by atoms with E-state index < -0.39 is 0 Å². The van der Waals surface area contributed by atoms with Gasteiger partial charge in [-0.25, -0.2) is 0 Å². The van der Waals surface area contributed by atoms with Crippen molar-refractivity contribution in [3.05, 3.63) is 71.8 Å². The lowest BCUT2D eigenvalue weighted by molar-refractivity contribution is -0.215. The third-order valence-electron chi connectivity index (χ3n) is 2.57. The predicted molar refractivity (Wildman–Crippen MR) is 73.3 cm³/mol. The average molecular weight is 279 g/mol. The normalized spacial score (nSPS) is 9.67. The standard InChI is InChI=1S/C14H14N2S.ClH/c15-14(17)16-13(11-7-3-1-4-8-11)12-9-5-2-6-10-12;/h1-10,13H,(H3,15,16,17);1H. The second kappa shape index (κ2) is 7.11. The van der Waals surface area contributed by atoms with Crippen LogP contribution >= 0.6 is 12.2 Å². The third-order valence-corrected chi connectivity index (χ3v) is 2.69. The quantitative estimate of drug-likeness (QED) is 0.700. The predicted octanol–water partition coefficient (Wildman–Crippen LogP) is -1.10. The molecule has 4 N–H and O–H groups in total. The van der Waals surface area contributed by atoms with Crippen molar-refractivity contribution in [3.63, 3.8) is 0 Å². The van der Waals surface area contributed by atoms with Crippen LogP contribution in [0.4, 0.5) is 0 Å². The molecule has 2 aromatic carbocycles. The first kappa shape index (κ1) is 14.6. The van der Waals surface area contributed by atoms with Crippen LogP contribution in [0.3, 0.4) is 0 Å². The molecule has 0 saturated carbocycles. The summed E-state index contributed by atoms with van der Waals surface area (Å²) >= 11 is 5.05. The highest BCUT2D eigenvalue weighted by Gasteiger charge is 2.14. The molecule has 2 aromatic rings. The number of thiocarbonyl (C=S) groups is 1. The minimum absolute atomic E-state index is 0. The van der Waals surface area contributed by atoms with Gasteiger partial charge in [-0.1, -0.05) is 60.7 Å². The highest BCUT2D eigenvalue weighted by molar-refractivity contribution is 7.79. The lowest BCUT2D eigenvalue weighted by Gasteiger charge is -2.18. The molecule has 0 unspecified atom stereocenters. The molecule has 4 heteroatoms. The summed E-state index contributed by atoms with van der Waals surface area (Å²) in [5.41, 5.74) is 6.12. The van der Waals surface area contributed by atoms with Crippen molar-refractivity contribution in [3.8, 4) is 0 Å².